The van der Waals surface area contributed by atoms with Gasteiger partial charge in [-0.15, -0.1) is 0 Å². The first-order valence-corrected chi connectivity index (χ1v) is 3.87. The minimum atomic E-state index is 0.197. The lowest BCUT2D eigenvalue weighted by Crippen LogP contribution is -2.06. The van der Waals surface area contributed by atoms with Gasteiger partial charge in [0.1, 0.15) is 5.82 Å². The van der Waals surface area contributed by atoms with Crippen molar-refractivity contribution in [3.8, 4) is 0 Å². The summed E-state index contributed by atoms with van der Waals surface area (Å²) in [5, 5.41) is 0. The van der Waals surface area contributed by atoms with E-state index in [9.17, 15) is 0 Å². The topological polar surface area (TPSA) is 90.2 Å². The van der Waals surface area contributed by atoms with Crippen LogP contribution in [-0.2, 0) is 6.42 Å². The van der Waals surface area contributed by atoms with Crippen LogP contribution < -0.4 is 11.5 Å². The molecule has 0 radical (unpaired) electrons. The molecule has 0 aromatic carbocycles. The van der Waals surface area contributed by atoms with Crippen molar-refractivity contribution >= 4 is 24.1 Å². The highest BCUT2D eigenvalue weighted by atomic mass is 15.0. The number of fused-ring (bicyclic) bond motifs is 1. The highest BCUT2D eigenvalue weighted by Crippen LogP contribution is 2.17. The van der Waals surface area contributed by atoms with Crippen LogP contribution in [-0.4, -0.2) is 16.2 Å². The van der Waals surface area contributed by atoms with Gasteiger partial charge in [-0.25, -0.2) is 4.98 Å². The summed E-state index contributed by atoms with van der Waals surface area (Å²) < 4.78 is 0. The number of aromatic nitrogens is 2. The Morgan fingerprint density at radius 3 is 2.92 bits per heavy atom. The molecule has 13 heavy (non-hydrogen) atoms. The number of nitrogens with zero attached hydrogens (tertiary/aromatic N) is 3. The third kappa shape index (κ3) is 1.35. The zero-order chi connectivity index (χ0) is 9.26. The van der Waals surface area contributed by atoms with Gasteiger partial charge in [-0.05, 0) is 6.08 Å². The van der Waals surface area contributed by atoms with Gasteiger partial charge < -0.3 is 11.5 Å². The second-order valence-corrected chi connectivity index (χ2v) is 2.68. The van der Waals surface area contributed by atoms with Crippen molar-refractivity contribution in [3.63, 3.8) is 0 Å². The first kappa shape index (κ1) is 7.72. The highest BCUT2D eigenvalue weighted by Gasteiger charge is 2.08. The van der Waals surface area contributed by atoms with Gasteiger partial charge in [0.2, 0.25) is 5.95 Å². The summed E-state index contributed by atoms with van der Waals surface area (Å²) in [5.74, 6) is 0.628. The summed E-state index contributed by atoms with van der Waals surface area (Å²) in [6.07, 6.45) is 5.84. The molecule has 2 rings (SSSR count). The SMILES string of the molecule is Nc1nc(N)c2c(n1)C=CN=CC2. The Bertz CT molecular complexity index is 394. The van der Waals surface area contributed by atoms with E-state index < -0.39 is 0 Å². The molecule has 1 aromatic rings. The molecule has 1 aliphatic rings. The van der Waals surface area contributed by atoms with Crippen molar-refractivity contribution in [2.75, 3.05) is 11.5 Å². The molecule has 0 bridgehead atoms. The van der Waals surface area contributed by atoms with E-state index >= 15 is 0 Å². The van der Waals surface area contributed by atoms with Crippen molar-refractivity contribution in [2.45, 2.75) is 6.42 Å². The van der Waals surface area contributed by atoms with E-state index in [1.54, 1.807) is 18.5 Å². The van der Waals surface area contributed by atoms with Crippen LogP contribution in [0, 0.1) is 0 Å². The number of hydrogen-bond acceptors (Lipinski definition) is 5. The molecule has 0 saturated heterocycles. The lowest BCUT2D eigenvalue weighted by atomic mass is 10.1. The molecule has 0 spiro atoms. The first-order valence-electron chi connectivity index (χ1n) is 3.87. The Balaban J connectivity index is 2.62. The minimum absolute atomic E-state index is 0.197. The molecule has 0 fully saturated rings. The number of nitrogens with two attached hydrogens (primary N) is 2. The lowest BCUT2D eigenvalue weighted by molar-refractivity contribution is 1.12. The van der Waals surface area contributed by atoms with Gasteiger partial charge in [-0.2, -0.15) is 4.98 Å². The summed E-state index contributed by atoms with van der Waals surface area (Å²) in [5.41, 5.74) is 12.8. The third-order valence-corrected chi connectivity index (χ3v) is 1.81. The van der Waals surface area contributed by atoms with E-state index in [0.29, 0.717) is 12.2 Å². The van der Waals surface area contributed by atoms with Gasteiger partial charge in [-0.3, -0.25) is 4.99 Å². The van der Waals surface area contributed by atoms with Crippen LogP contribution in [0.5, 0.6) is 0 Å². The summed E-state index contributed by atoms with van der Waals surface area (Å²) in [6.45, 7) is 0. The Kier molecular flexibility index (Phi) is 1.70. The predicted molar refractivity (Wildman–Crippen MR) is 52.1 cm³/mol. The second-order valence-electron chi connectivity index (χ2n) is 2.68. The molecule has 0 saturated carbocycles. The monoisotopic (exact) mass is 175 g/mol. The Hall–Kier alpha value is -1.91. The van der Waals surface area contributed by atoms with Crippen LogP contribution in [0.25, 0.3) is 6.08 Å². The molecular weight excluding hydrogens is 166 g/mol. The van der Waals surface area contributed by atoms with Crippen molar-refractivity contribution in [3.05, 3.63) is 17.5 Å². The Morgan fingerprint density at radius 2 is 2.08 bits per heavy atom. The van der Waals surface area contributed by atoms with Gasteiger partial charge >= 0.3 is 0 Å². The average Bonchev–Trinajstić information content (AvgIpc) is 2.28. The van der Waals surface area contributed by atoms with E-state index in [0.717, 1.165) is 11.3 Å². The summed E-state index contributed by atoms with van der Waals surface area (Å²) in [4.78, 5) is 11.9. The van der Waals surface area contributed by atoms with Crippen LogP contribution in [0.1, 0.15) is 11.3 Å². The smallest absolute Gasteiger partial charge is 0.222 e. The molecule has 4 N–H and O–H groups in total. The van der Waals surface area contributed by atoms with E-state index in [-0.39, 0.29) is 5.95 Å². The van der Waals surface area contributed by atoms with Gasteiger partial charge in [0, 0.05) is 24.4 Å². The summed E-state index contributed by atoms with van der Waals surface area (Å²) in [6, 6.07) is 0. The summed E-state index contributed by atoms with van der Waals surface area (Å²) >= 11 is 0. The van der Waals surface area contributed by atoms with E-state index in [1.807, 2.05) is 0 Å². The molecule has 0 aliphatic carbocycles. The predicted octanol–water partition coefficient (Wildman–Crippen LogP) is 0.239. The molecule has 0 atom stereocenters. The first-order chi connectivity index (χ1) is 6.27. The van der Waals surface area contributed by atoms with Crippen molar-refractivity contribution in [2.24, 2.45) is 4.99 Å². The lowest BCUT2D eigenvalue weighted by Gasteiger charge is -2.04. The maximum Gasteiger partial charge on any atom is 0.222 e. The van der Waals surface area contributed by atoms with E-state index in [2.05, 4.69) is 15.0 Å². The number of anilines is 2. The van der Waals surface area contributed by atoms with Crippen LogP contribution in [0.3, 0.4) is 0 Å². The Labute approximate surface area is 75.2 Å². The van der Waals surface area contributed by atoms with Crippen molar-refractivity contribution in [1.82, 2.24) is 9.97 Å². The fourth-order valence-corrected chi connectivity index (χ4v) is 1.20. The molecule has 1 aliphatic heterocycles. The molecule has 66 valence electrons. The number of aliphatic imine (C=N–C) groups is 1. The number of nitrogen functional groups attached to an aromatic ring is 2. The molecule has 0 unspecified atom stereocenters. The van der Waals surface area contributed by atoms with E-state index in [4.69, 9.17) is 11.5 Å². The molecule has 5 nitrogen and oxygen atoms in total. The fraction of sp³-hybridized carbons (Fsp3) is 0.125. The minimum Gasteiger partial charge on any atom is -0.383 e. The zero-order valence-corrected chi connectivity index (χ0v) is 6.94. The van der Waals surface area contributed by atoms with Crippen LogP contribution >= 0.6 is 0 Å². The largest absolute Gasteiger partial charge is 0.383 e. The second kappa shape index (κ2) is 2.85. The number of rotatable bonds is 0. The fourth-order valence-electron chi connectivity index (χ4n) is 1.20. The van der Waals surface area contributed by atoms with Gasteiger partial charge in [0.15, 0.2) is 0 Å². The quantitative estimate of drug-likeness (QED) is 0.591. The molecule has 1 aromatic heterocycles. The Morgan fingerprint density at radius 1 is 1.23 bits per heavy atom. The normalized spacial score (nSPS) is 13.8. The van der Waals surface area contributed by atoms with Crippen molar-refractivity contribution < 1.29 is 0 Å². The van der Waals surface area contributed by atoms with Crippen LogP contribution in [0.4, 0.5) is 11.8 Å². The van der Waals surface area contributed by atoms with Crippen LogP contribution in [0.15, 0.2) is 11.2 Å². The van der Waals surface area contributed by atoms with Crippen LogP contribution in [0.2, 0.25) is 0 Å². The number of hydrogen-bond donors (Lipinski definition) is 2. The zero-order valence-electron chi connectivity index (χ0n) is 6.94. The van der Waals surface area contributed by atoms with Gasteiger partial charge in [0.25, 0.3) is 0 Å². The maximum absolute atomic E-state index is 5.68. The molecule has 0 amide bonds. The van der Waals surface area contributed by atoms with Gasteiger partial charge in [0.05, 0.1) is 5.69 Å². The molecular formula is C8H9N5. The maximum atomic E-state index is 5.68. The highest BCUT2D eigenvalue weighted by molar-refractivity contribution is 5.72. The standard InChI is InChI=1S/C8H9N5/c9-7-5-1-3-11-4-2-6(5)12-8(10)13-7/h2-4H,1H2,(H4,9,10,12,13). The summed E-state index contributed by atoms with van der Waals surface area (Å²) in [7, 11) is 0. The molecule has 5 heteroatoms. The van der Waals surface area contributed by atoms with E-state index in [1.165, 1.54) is 0 Å². The average molecular weight is 175 g/mol. The van der Waals surface area contributed by atoms with Crippen molar-refractivity contribution in [1.29, 1.82) is 0 Å². The van der Waals surface area contributed by atoms with Gasteiger partial charge in [-0.1, -0.05) is 0 Å². The molecule has 2 heterocycles. The third-order valence-electron chi connectivity index (χ3n) is 1.81.